The van der Waals surface area contributed by atoms with Gasteiger partial charge in [-0.25, -0.2) is 4.57 Å². The van der Waals surface area contributed by atoms with Crippen LogP contribution in [0.1, 0.15) is 35.4 Å². The van der Waals surface area contributed by atoms with Crippen molar-refractivity contribution in [2.24, 2.45) is 0 Å². The summed E-state index contributed by atoms with van der Waals surface area (Å²) >= 11 is 0. The lowest BCUT2D eigenvalue weighted by atomic mass is 9.95. The number of aliphatic hydroxyl groups is 5. The van der Waals surface area contributed by atoms with E-state index in [4.69, 9.17) is 28.4 Å². The molecule has 2 fully saturated rings. The fourth-order valence-corrected chi connectivity index (χ4v) is 6.00. The van der Waals surface area contributed by atoms with E-state index in [2.05, 4.69) is 4.52 Å². The lowest BCUT2D eigenvalue weighted by Gasteiger charge is -2.43. The van der Waals surface area contributed by atoms with Gasteiger partial charge < -0.3 is 74.0 Å². The van der Waals surface area contributed by atoms with Crippen LogP contribution in [-0.2, 0) is 23.3 Å². The zero-order valence-electron chi connectivity index (χ0n) is 24.8. The molecule has 0 radical (unpaired) electrons. The second-order valence-corrected chi connectivity index (χ2v) is 12.4. The van der Waals surface area contributed by atoms with Gasteiger partial charge in [0.15, 0.2) is 29.7 Å². The predicted molar refractivity (Wildman–Crippen MR) is 152 cm³/mol. The van der Waals surface area contributed by atoms with E-state index in [1.54, 1.807) is 6.07 Å². The molecule has 2 saturated heterocycles. The number of methoxy groups -OCH3 is 1. The number of phenolic OH excluding ortho intramolecular Hbond substituents is 2. The molecule has 0 bridgehead atoms. The first kappa shape index (κ1) is 35.2. The van der Waals surface area contributed by atoms with Gasteiger partial charge in [-0.2, -0.15) is 0 Å². The summed E-state index contributed by atoms with van der Waals surface area (Å²) in [6, 6.07) is 6.54. The summed E-state index contributed by atoms with van der Waals surface area (Å²) in [7, 11) is -3.96. The molecule has 5 rings (SSSR count). The third-order valence-electron chi connectivity index (χ3n) is 7.94. The van der Waals surface area contributed by atoms with Gasteiger partial charge in [-0.1, -0.05) is 6.07 Å². The van der Waals surface area contributed by atoms with Crippen molar-refractivity contribution < 1.29 is 87.8 Å². The van der Waals surface area contributed by atoms with E-state index in [0.29, 0.717) is 5.56 Å². The smallest absolute Gasteiger partial charge is 0.470 e. The van der Waals surface area contributed by atoms with Crippen LogP contribution in [0.2, 0.25) is 0 Å². The third-order valence-corrected chi connectivity index (χ3v) is 8.46. The SMILES string of the molecule is COc1ccc(C2CC(=O)c3c(O)cc(O[C@@H]4O[C@H](CO[C@@H]5O[C@@H](C)[C@H](O)[C@@H](O)[C@H]5O)[C@@H](O)[C@H](O)[C@H]4OP(=O)(O)O)cc3O2)cc1O. The van der Waals surface area contributed by atoms with Crippen LogP contribution < -0.4 is 14.2 Å². The van der Waals surface area contributed by atoms with Crippen molar-refractivity contribution in [1.82, 2.24) is 0 Å². The number of aromatic hydroxyl groups is 2. The Bertz CT molecular complexity index is 1500. The normalized spacial score (nSPS) is 34.3. The number of phosphoric acid groups is 1. The molecule has 0 spiro atoms. The molecule has 18 nitrogen and oxygen atoms in total. The first-order valence-corrected chi connectivity index (χ1v) is 15.8. The first-order valence-electron chi connectivity index (χ1n) is 14.2. The minimum absolute atomic E-state index is 0.154. The maximum atomic E-state index is 13.0. The molecule has 0 saturated carbocycles. The first-order chi connectivity index (χ1) is 22.1. The highest BCUT2D eigenvalue weighted by molar-refractivity contribution is 7.46. The molecule has 0 amide bonds. The fourth-order valence-electron chi connectivity index (χ4n) is 5.46. The van der Waals surface area contributed by atoms with Gasteiger partial charge in [-0.15, -0.1) is 0 Å². The largest absolute Gasteiger partial charge is 0.507 e. The summed E-state index contributed by atoms with van der Waals surface area (Å²) in [6.45, 7) is 0.773. The molecule has 2 aromatic carbocycles. The minimum atomic E-state index is -5.33. The highest BCUT2D eigenvalue weighted by Gasteiger charge is 2.50. The summed E-state index contributed by atoms with van der Waals surface area (Å²) in [5.41, 5.74) is 0.218. The molecule has 11 atom stereocenters. The van der Waals surface area contributed by atoms with Gasteiger partial charge in [0.25, 0.3) is 0 Å². The molecule has 47 heavy (non-hydrogen) atoms. The summed E-state index contributed by atoms with van der Waals surface area (Å²) in [5.74, 6) is -1.55. The fraction of sp³-hybridized carbons (Fsp3) is 0.536. The number of phenols is 2. The standard InChI is InChI=1S/C28H35O18P/c1-10-21(32)23(34)25(36)27(42-10)41-9-19-22(33)24(35)26(46-47(37,38)39)28(45-19)43-12-6-14(30)20-15(31)8-17(44-18(20)7-12)11-3-4-16(40-2)13(29)5-11/h3-7,10,17,19,21-30,32-36H,8-9H2,1-2H3,(H2,37,38,39)/t10-,17?,19+,21-,22+,23+,24-,25+,26+,27+,28+/m0/s1. The van der Waals surface area contributed by atoms with Gasteiger partial charge in [0, 0.05) is 12.1 Å². The molecule has 0 aromatic heterocycles. The number of fused-ring (bicyclic) bond motifs is 1. The van der Waals surface area contributed by atoms with Gasteiger partial charge in [0.2, 0.25) is 6.29 Å². The Morgan fingerprint density at radius 1 is 0.894 bits per heavy atom. The Morgan fingerprint density at radius 3 is 2.28 bits per heavy atom. The average Bonchev–Trinajstić information content (AvgIpc) is 3.00. The zero-order valence-corrected chi connectivity index (χ0v) is 25.7. The maximum Gasteiger partial charge on any atom is 0.470 e. The van der Waals surface area contributed by atoms with Crippen molar-refractivity contribution in [1.29, 1.82) is 0 Å². The van der Waals surface area contributed by atoms with Crippen molar-refractivity contribution in [3.63, 3.8) is 0 Å². The Kier molecular flexibility index (Phi) is 10.3. The van der Waals surface area contributed by atoms with Crippen LogP contribution >= 0.6 is 7.82 Å². The van der Waals surface area contributed by atoms with Crippen LogP contribution in [0.4, 0.5) is 0 Å². The Morgan fingerprint density at radius 2 is 1.62 bits per heavy atom. The number of hydrogen-bond donors (Lipinski definition) is 9. The van der Waals surface area contributed by atoms with E-state index in [1.165, 1.54) is 32.2 Å². The molecule has 9 N–H and O–H groups in total. The molecule has 3 aliphatic rings. The molecule has 19 heteroatoms. The van der Waals surface area contributed by atoms with Crippen LogP contribution in [0.5, 0.6) is 28.7 Å². The zero-order chi connectivity index (χ0) is 34.4. The summed E-state index contributed by atoms with van der Waals surface area (Å²) < 4.78 is 49.6. The van der Waals surface area contributed by atoms with E-state index in [1.807, 2.05) is 0 Å². The average molecular weight is 691 g/mol. The van der Waals surface area contributed by atoms with E-state index in [0.717, 1.165) is 6.07 Å². The number of carbonyl (C=O) groups is 1. The monoisotopic (exact) mass is 690 g/mol. The van der Waals surface area contributed by atoms with Gasteiger partial charge in [0.1, 0.15) is 65.5 Å². The van der Waals surface area contributed by atoms with Crippen LogP contribution in [0.15, 0.2) is 30.3 Å². The lowest BCUT2D eigenvalue weighted by Crippen LogP contribution is -2.62. The summed E-state index contributed by atoms with van der Waals surface area (Å²) in [4.78, 5) is 31.9. The summed E-state index contributed by atoms with van der Waals surface area (Å²) in [5, 5.41) is 72.5. The highest BCUT2D eigenvalue weighted by Crippen LogP contribution is 2.45. The van der Waals surface area contributed by atoms with Crippen LogP contribution in [0, 0.1) is 0 Å². The molecule has 3 heterocycles. The molecular formula is C28H35O18P. The van der Waals surface area contributed by atoms with Gasteiger partial charge >= 0.3 is 7.82 Å². The second-order valence-electron chi connectivity index (χ2n) is 11.2. The third kappa shape index (κ3) is 7.49. The Labute approximate surface area is 266 Å². The number of ketones is 1. The number of Topliss-reactive ketones (excluding diaryl/α,β-unsaturated/α-hetero) is 1. The maximum absolute atomic E-state index is 13.0. The van der Waals surface area contributed by atoms with Crippen LogP contribution in [0.25, 0.3) is 0 Å². The number of aliphatic hydroxyl groups excluding tert-OH is 5. The number of hydrogen-bond acceptors (Lipinski definition) is 16. The van der Waals surface area contributed by atoms with Gasteiger partial charge in [-0.3, -0.25) is 9.32 Å². The van der Waals surface area contributed by atoms with Crippen molar-refractivity contribution in [2.75, 3.05) is 13.7 Å². The van der Waals surface area contributed by atoms with Crippen LogP contribution in [-0.4, -0.2) is 126 Å². The Hall–Kier alpha value is -3.10. The molecular weight excluding hydrogens is 655 g/mol. The second kappa shape index (κ2) is 13.8. The summed E-state index contributed by atoms with van der Waals surface area (Å²) in [6.07, 6.45) is -17.7. The van der Waals surface area contributed by atoms with Gasteiger partial charge in [0.05, 0.1) is 26.2 Å². The van der Waals surface area contributed by atoms with Crippen molar-refractivity contribution in [2.45, 2.75) is 80.9 Å². The molecule has 2 aromatic rings. The lowest BCUT2D eigenvalue weighted by molar-refractivity contribution is -0.317. The van der Waals surface area contributed by atoms with E-state index < -0.39 is 93.5 Å². The number of carbonyl (C=O) groups excluding carboxylic acids is 1. The topological polar surface area (TPSA) is 281 Å². The highest BCUT2D eigenvalue weighted by atomic mass is 31.2. The van der Waals surface area contributed by atoms with Crippen molar-refractivity contribution in [3.8, 4) is 28.7 Å². The molecule has 3 aliphatic heterocycles. The predicted octanol–water partition coefficient (Wildman–Crippen LogP) is -1.04. The molecule has 260 valence electrons. The van der Waals surface area contributed by atoms with E-state index in [9.17, 15) is 54.9 Å². The minimum Gasteiger partial charge on any atom is -0.507 e. The number of benzene rings is 2. The quantitative estimate of drug-likeness (QED) is 0.142. The van der Waals surface area contributed by atoms with Gasteiger partial charge in [-0.05, 0) is 24.6 Å². The number of ether oxygens (including phenoxy) is 6. The van der Waals surface area contributed by atoms with Crippen molar-refractivity contribution in [3.05, 3.63) is 41.5 Å². The number of rotatable bonds is 9. The van der Waals surface area contributed by atoms with Crippen LogP contribution in [0.3, 0.4) is 0 Å². The molecule has 0 aliphatic carbocycles. The van der Waals surface area contributed by atoms with E-state index in [-0.39, 0.29) is 35.0 Å². The number of phosphoric ester groups is 1. The Balaban J connectivity index is 1.38. The van der Waals surface area contributed by atoms with E-state index >= 15 is 0 Å². The molecule has 1 unspecified atom stereocenters. The van der Waals surface area contributed by atoms with Crippen molar-refractivity contribution >= 4 is 13.6 Å².